The highest BCUT2D eigenvalue weighted by atomic mass is 16.6. The first-order chi connectivity index (χ1) is 9.70. The van der Waals surface area contributed by atoms with Crippen LogP contribution in [-0.4, -0.2) is 24.7 Å². The van der Waals surface area contributed by atoms with Crippen molar-refractivity contribution >= 4 is 5.69 Å². The second-order valence-electron chi connectivity index (χ2n) is 5.30. The summed E-state index contributed by atoms with van der Waals surface area (Å²) < 4.78 is 5.47. The Labute approximate surface area is 119 Å². The highest BCUT2D eigenvalue weighted by Crippen LogP contribution is 2.22. The van der Waals surface area contributed by atoms with Crippen LogP contribution in [0.15, 0.2) is 24.3 Å². The summed E-state index contributed by atoms with van der Waals surface area (Å²) in [6, 6.07) is 7.06. The van der Waals surface area contributed by atoms with Gasteiger partial charge in [-0.1, -0.05) is 19.1 Å². The van der Waals surface area contributed by atoms with Gasteiger partial charge in [-0.3, -0.25) is 10.1 Å². The first-order valence-corrected chi connectivity index (χ1v) is 7.26. The Bertz CT molecular complexity index is 444. The molecular weight excluding hydrogens is 256 g/mol. The molecule has 1 fully saturated rings. The number of hydrogen-bond acceptors (Lipinski definition) is 4. The predicted octanol–water partition coefficient (Wildman–Crippen LogP) is 3.06. The zero-order valence-corrected chi connectivity index (χ0v) is 11.9. The van der Waals surface area contributed by atoms with Crippen LogP contribution < -0.4 is 5.32 Å². The maximum Gasteiger partial charge on any atom is 0.269 e. The van der Waals surface area contributed by atoms with Crippen molar-refractivity contribution in [1.29, 1.82) is 0 Å². The van der Waals surface area contributed by atoms with E-state index in [9.17, 15) is 10.1 Å². The van der Waals surface area contributed by atoms with Gasteiger partial charge in [0.15, 0.2) is 0 Å². The molecule has 1 aromatic rings. The Balaban J connectivity index is 1.96. The van der Waals surface area contributed by atoms with Crippen molar-refractivity contribution in [3.8, 4) is 0 Å². The van der Waals surface area contributed by atoms with Crippen LogP contribution >= 0.6 is 0 Å². The van der Waals surface area contributed by atoms with E-state index in [4.69, 9.17) is 4.74 Å². The molecular formula is C15H22N2O3. The minimum absolute atomic E-state index is 0.156. The lowest BCUT2D eigenvalue weighted by Gasteiger charge is -2.25. The second kappa shape index (κ2) is 7.36. The van der Waals surface area contributed by atoms with E-state index in [2.05, 4.69) is 12.2 Å². The molecule has 2 atom stereocenters. The van der Waals surface area contributed by atoms with Crippen molar-refractivity contribution in [3.05, 3.63) is 39.9 Å². The van der Waals surface area contributed by atoms with Gasteiger partial charge < -0.3 is 10.1 Å². The summed E-state index contributed by atoms with van der Waals surface area (Å²) in [5, 5.41) is 14.4. The van der Waals surface area contributed by atoms with E-state index < -0.39 is 0 Å². The van der Waals surface area contributed by atoms with Crippen molar-refractivity contribution in [2.45, 2.75) is 32.2 Å². The third-order valence-electron chi connectivity index (χ3n) is 3.80. The van der Waals surface area contributed by atoms with Crippen LogP contribution in [0.5, 0.6) is 0 Å². The van der Waals surface area contributed by atoms with Gasteiger partial charge in [0.05, 0.1) is 11.5 Å². The molecule has 1 aromatic carbocycles. The maximum absolute atomic E-state index is 10.8. The topological polar surface area (TPSA) is 64.4 Å². The van der Waals surface area contributed by atoms with E-state index in [1.165, 1.54) is 12.5 Å². The van der Waals surface area contributed by atoms with E-state index in [-0.39, 0.29) is 16.7 Å². The molecule has 0 radical (unpaired) electrons. The summed E-state index contributed by atoms with van der Waals surface area (Å²) in [5.74, 6) is 0.552. The van der Waals surface area contributed by atoms with Crippen LogP contribution in [0.2, 0.25) is 0 Å². The van der Waals surface area contributed by atoms with Crippen molar-refractivity contribution < 1.29 is 9.66 Å². The average molecular weight is 278 g/mol. The van der Waals surface area contributed by atoms with Gasteiger partial charge in [-0.2, -0.15) is 0 Å². The van der Waals surface area contributed by atoms with Crippen molar-refractivity contribution in [3.63, 3.8) is 0 Å². The minimum Gasteiger partial charge on any atom is -0.381 e. The number of nitro benzene ring substituents is 1. The largest absolute Gasteiger partial charge is 0.381 e. The average Bonchev–Trinajstić information content (AvgIpc) is 2.49. The Hall–Kier alpha value is -1.46. The van der Waals surface area contributed by atoms with Gasteiger partial charge >= 0.3 is 0 Å². The molecule has 5 nitrogen and oxygen atoms in total. The number of rotatable bonds is 6. The normalized spacial score (nSPS) is 20.6. The zero-order chi connectivity index (χ0) is 14.4. The fraction of sp³-hybridized carbons (Fsp3) is 0.600. The minimum atomic E-state index is -0.342. The van der Waals surface area contributed by atoms with Crippen LogP contribution in [0.3, 0.4) is 0 Å². The quantitative estimate of drug-likeness (QED) is 0.641. The Kier molecular flexibility index (Phi) is 5.49. The number of hydrogen-bond donors (Lipinski definition) is 1. The summed E-state index contributed by atoms with van der Waals surface area (Å²) in [6.07, 6.45) is 3.23. The summed E-state index contributed by atoms with van der Waals surface area (Å²) in [7, 11) is 0. The molecule has 1 aliphatic rings. The molecule has 1 saturated heterocycles. The molecule has 1 N–H and O–H groups in total. The maximum atomic E-state index is 10.8. The van der Waals surface area contributed by atoms with Gasteiger partial charge in [0.1, 0.15) is 0 Å². The Morgan fingerprint density at radius 1 is 1.55 bits per heavy atom. The van der Waals surface area contributed by atoms with Crippen LogP contribution in [0.4, 0.5) is 5.69 Å². The summed E-state index contributed by atoms with van der Waals surface area (Å²) in [4.78, 5) is 10.5. The van der Waals surface area contributed by atoms with Crippen molar-refractivity contribution in [1.82, 2.24) is 5.32 Å². The van der Waals surface area contributed by atoms with E-state index in [1.54, 1.807) is 12.1 Å². The Morgan fingerprint density at radius 2 is 2.40 bits per heavy atom. The van der Waals surface area contributed by atoms with E-state index in [0.717, 1.165) is 38.2 Å². The SMILES string of the molecule is CCC(NCC1CCCOC1)c1cccc([N+](=O)[O-])c1. The van der Waals surface area contributed by atoms with Gasteiger partial charge in [0, 0.05) is 31.3 Å². The predicted molar refractivity (Wildman–Crippen MR) is 77.7 cm³/mol. The molecule has 20 heavy (non-hydrogen) atoms. The van der Waals surface area contributed by atoms with Crippen LogP contribution in [0, 0.1) is 16.0 Å². The van der Waals surface area contributed by atoms with Crippen molar-refractivity contribution in [2.24, 2.45) is 5.92 Å². The molecule has 1 aliphatic heterocycles. The molecule has 2 rings (SSSR count). The molecule has 0 amide bonds. The number of non-ortho nitro benzene ring substituents is 1. The van der Waals surface area contributed by atoms with Crippen molar-refractivity contribution in [2.75, 3.05) is 19.8 Å². The molecule has 1 heterocycles. The van der Waals surface area contributed by atoms with Gasteiger partial charge in [-0.15, -0.1) is 0 Å². The fourth-order valence-electron chi connectivity index (χ4n) is 2.63. The summed E-state index contributed by atoms with van der Waals surface area (Å²) in [5.41, 5.74) is 1.14. The molecule has 0 spiro atoms. The van der Waals surface area contributed by atoms with Crippen LogP contribution in [0.25, 0.3) is 0 Å². The van der Waals surface area contributed by atoms with E-state index >= 15 is 0 Å². The van der Waals surface area contributed by atoms with E-state index in [0.29, 0.717) is 5.92 Å². The first kappa shape index (κ1) is 14.9. The number of nitro groups is 1. The lowest BCUT2D eigenvalue weighted by molar-refractivity contribution is -0.384. The zero-order valence-electron chi connectivity index (χ0n) is 11.9. The smallest absolute Gasteiger partial charge is 0.269 e. The highest BCUT2D eigenvalue weighted by Gasteiger charge is 2.17. The van der Waals surface area contributed by atoms with E-state index in [1.807, 2.05) is 6.07 Å². The van der Waals surface area contributed by atoms with Gasteiger partial charge in [-0.05, 0) is 30.7 Å². The third-order valence-corrected chi connectivity index (χ3v) is 3.80. The van der Waals surface area contributed by atoms with Crippen LogP contribution in [0.1, 0.15) is 37.8 Å². The number of ether oxygens (including phenoxy) is 1. The first-order valence-electron chi connectivity index (χ1n) is 7.26. The van der Waals surface area contributed by atoms with Gasteiger partial charge in [0.2, 0.25) is 0 Å². The monoisotopic (exact) mass is 278 g/mol. The lowest BCUT2D eigenvalue weighted by Crippen LogP contribution is -2.31. The number of nitrogens with one attached hydrogen (secondary N) is 1. The highest BCUT2D eigenvalue weighted by molar-refractivity contribution is 5.35. The molecule has 5 heteroatoms. The molecule has 0 saturated carbocycles. The Morgan fingerprint density at radius 3 is 3.05 bits per heavy atom. The summed E-state index contributed by atoms with van der Waals surface area (Å²) >= 11 is 0. The van der Waals surface area contributed by atoms with Crippen LogP contribution in [-0.2, 0) is 4.74 Å². The lowest BCUT2D eigenvalue weighted by atomic mass is 9.99. The third kappa shape index (κ3) is 4.02. The summed E-state index contributed by atoms with van der Waals surface area (Å²) in [6.45, 7) is 4.69. The molecule has 110 valence electrons. The number of nitrogens with zero attached hydrogens (tertiary/aromatic N) is 1. The molecule has 2 unspecified atom stereocenters. The van der Waals surface area contributed by atoms with Gasteiger partial charge in [0.25, 0.3) is 5.69 Å². The second-order valence-corrected chi connectivity index (χ2v) is 5.30. The van der Waals surface area contributed by atoms with Gasteiger partial charge in [-0.25, -0.2) is 0 Å². The standard InChI is InChI=1S/C15H22N2O3/c1-2-15(16-10-12-5-4-8-20-11-12)13-6-3-7-14(9-13)17(18)19/h3,6-7,9,12,15-16H,2,4-5,8,10-11H2,1H3. The fourth-order valence-corrected chi connectivity index (χ4v) is 2.63. The molecule has 0 aromatic heterocycles. The number of benzene rings is 1. The molecule has 0 bridgehead atoms. The molecule has 0 aliphatic carbocycles.